The first-order valence-corrected chi connectivity index (χ1v) is 6.22. The Balaban J connectivity index is 2.34. The zero-order chi connectivity index (χ0) is 11.8. The van der Waals surface area contributed by atoms with E-state index in [9.17, 15) is 0 Å². The fourth-order valence-corrected chi connectivity index (χ4v) is 1.65. The van der Waals surface area contributed by atoms with Crippen LogP contribution in [0.3, 0.4) is 0 Å². The summed E-state index contributed by atoms with van der Waals surface area (Å²) in [4.78, 5) is 2.10. The largest absolute Gasteiger partial charge is 0.352 e. The molecule has 0 saturated carbocycles. The molecule has 0 unspecified atom stereocenters. The minimum Gasteiger partial charge on any atom is -0.352 e. The summed E-state index contributed by atoms with van der Waals surface area (Å²) in [5.41, 5.74) is 1.05. The molecule has 0 aromatic heterocycles. The second-order valence-electron chi connectivity index (χ2n) is 3.92. The van der Waals surface area contributed by atoms with Gasteiger partial charge in [0, 0.05) is 19.3 Å². The number of anilines is 1. The number of hydrogen-bond acceptors (Lipinski definition) is 1. The van der Waals surface area contributed by atoms with Crippen LogP contribution in [0.2, 0.25) is 0 Å². The van der Waals surface area contributed by atoms with Gasteiger partial charge in [-0.15, -0.1) is 0 Å². The monoisotopic (exact) mass is 236 g/mol. The molecule has 2 nitrogen and oxygen atoms in total. The summed E-state index contributed by atoms with van der Waals surface area (Å²) in [5, 5.41) is 4.02. The smallest absolute Gasteiger partial charge is 0.173 e. The average Bonchev–Trinajstić information content (AvgIpc) is 2.30. The number of thiocarbonyl (C=S) groups is 1. The van der Waals surface area contributed by atoms with Crippen molar-refractivity contribution in [2.24, 2.45) is 0 Å². The van der Waals surface area contributed by atoms with Crippen molar-refractivity contribution in [3.05, 3.63) is 30.3 Å². The molecule has 1 aromatic rings. The molecule has 0 atom stereocenters. The topological polar surface area (TPSA) is 15.3 Å². The van der Waals surface area contributed by atoms with Crippen LogP contribution < -0.4 is 5.32 Å². The molecule has 0 aliphatic heterocycles. The van der Waals surface area contributed by atoms with Crippen LogP contribution in [-0.4, -0.2) is 23.6 Å². The minimum atomic E-state index is 0.794. The van der Waals surface area contributed by atoms with Crippen molar-refractivity contribution >= 4 is 23.0 Å². The molecule has 0 bridgehead atoms. The molecule has 0 radical (unpaired) electrons. The van der Waals surface area contributed by atoms with E-state index in [2.05, 4.69) is 17.1 Å². The van der Waals surface area contributed by atoms with Gasteiger partial charge in [0.1, 0.15) is 0 Å². The number of rotatable bonds is 5. The number of hydrogen-bond donors (Lipinski definition) is 1. The van der Waals surface area contributed by atoms with E-state index in [4.69, 9.17) is 12.2 Å². The van der Waals surface area contributed by atoms with E-state index in [1.54, 1.807) is 0 Å². The predicted molar refractivity (Wildman–Crippen MR) is 74.8 cm³/mol. The molecule has 1 N–H and O–H groups in total. The Labute approximate surface area is 104 Å². The van der Waals surface area contributed by atoms with Crippen LogP contribution in [-0.2, 0) is 0 Å². The number of para-hydroxylation sites is 1. The van der Waals surface area contributed by atoms with Crippen LogP contribution in [0.1, 0.15) is 26.2 Å². The number of nitrogens with zero attached hydrogens (tertiary/aromatic N) is 1. The van der Waals surface area contributed by atoms with E-state index in [-0.39, 0.29) is 0 Å². The third kappa shape index (κ3) is 4.62. The van der Waals surface area contributed by atoms with Crippen molar-refractivity contribution in [1.82, 2.24) is 4.90 Å². The van der Waals surface area contributed by atoms with Gasteiger partial charge in [-0.05, 0) is 30.8 Å². The van der Waals surface area contributed by atoms with E-state index >= 15 is 0 Å². The Morgan fingerprint density at radius 1 is 1.25 bits per heavy atom. The zero-order valence-electron chi connectivity index (χ0n) is 10.1. The Kier molecular flexibility index (Phi) is 5.86. The van der Waals surface area contributed by atoms with Crippen LogP contribution in [0.25, 0.3) is 0 Å². The lowest BCUT2D eigenvalue weighted by molar-refractivity contribution is 0.482. The summed E-state index contributed by atoms with van der Waals surface area (Å²) >= 11 is 5.32. The van der Waals surface area contributed by atoms with Gasteiger partial charge in [-0.2, -0.15) is 0 Å². The van der Waals surface area contributed by atoms with Crippen molar-refractivity contribution in [3.8, 4) is 0 Å². The minimum absolute atomic E-state index is 0.794. The highest BCUT2D eigenvalue weighted by molar-refractivity contribution is 7.80. The van der Waals surface area contributed by atoms with Crippen LogP contribution in [0.15, 0.2) is 30.3 Å². The number of benzene rings is 1. The third-order valence-corrected chi connectivity index (χ3v) is 2.88. The van der Waals surface area contributed by atoms with Gasteiger partial charge in [-0.3, -0.25) is 0 Å². The Morgan fingerprint density at radius 3 is 2.56 bits per heavy atom. The van der Waals surface area contributed by atoms with Gasteiger partial charge in [0.05, 0.1) is 0 Å². The molecule has 1 rings (SSSR count). The molecule has 0 spiro atoms. The van der Waals surface area contributed by atoms with Gasteiger partial charge >= 0.3 is 0 Å². The molecule has 0 aliphatic rings. The molecule has 0 aliphatic carbocycles. The van der Waals surface area contributed by atoms with Gasteiger partial charge in [0.25, 0.3) is 0 Å². The van der Waals surface area contributed by atoms with Crippen LogP contribution in [0.5, 0.6) is 0 Å². The van der Waals surface area contributed by atoms with E-state index in [0.717, 1.165) is 17.3 Å². The summed E-state index contributed by atoms with van der Waals surface area (Å²) < 4.78 is 0. The lowest BCUT2D eigenvalue weighted by atomic mass is 10.2. The van der Waals surface area contributed by atoms with Crippen molar-refractivity contribution < 1.29 is 0 Å². The van der Waals surface area contributed by atoms with Gasteiger partial charge in [0.15, 0.2) is 5.11 Å². The number of unbranched alkanes of at least 4 members (excludes halogenated alkanes) is 2. The third-order valence-electron chi connectivity index (χ3n) is 2.47. The van der Waals surface area contributed by atoms with Gasteiger partial charge < -0.3 is 10.2 Å². The highest BCUT2D eigenvalue weighted by Gasteiger charge is 2.03. The maximum Gasteiger partial charge on any atom is 0.173 e. The maximum atomic E-state index is 5.32. The molecule has 0 heterocycles. The van der Waals surface area contributed by atoms with E-state index < -0.39 is 0 Å². The highest BCUT2D eigenvalue weighted by atomic mass is 32.1. The molecule has 88 valence electrons. The Morgan fingerprint density at radius 2 is 1.94 bits per heavy atom. The molecule has 16 heavy (non-hydrogen) atoms. The van der Waals surface area contributed by atoms with Gasteiger partial charge in [-0.25, -0.2) is 0 Å². The summed E-state index contributed by atoms with van der Waals surface area (Å²) in [6, 6.07) is 10.0. The standard InChI is InChI=1S/C13H20N2S/c1-3-4-8-11-15(2)13(16)14-12-9-6-5-7-10-12/h5-7,9-10H,3-4,8,11H2,1-2H3,(H,14,16). The van der Waals surface area contributed by atoms with E-state index in [1.165, 1.54) is 19.3 Å². The average molecular weight is 236 g/mol. The highest BCUT2D eigenvalue weighted by Crippen LogP contribution is 2.06. The van der Waals surface area contributed by atoms with Gasteiger partial charge in [-0.1, -0.05) is 38.0 Å². The van der Waals surface area contributed by atoms with E-state index in [0.29, 0.717) is 0 Å². The molecule has 0 saturated heterocycles. The Hall–Kier alpha value is -1.09. The van der Waals surface area contributed by atoms with Gasteiger partial charge in [0.2, 0.25) is 0 Å². The summed E-state index contributed by atoms with van der Waals surface area (Å²) in [5.74, 6) is 0. The predicted octanol–water partition coefficient (Wildman–Crippen LogP) is 3.51. The Bertz CT molecular complexity index is 311. The molecule has 0 amide bonds. The fourth-order valence-electron chi connectivity index (χ4n) is 1.44. The van der Waals surface area contributed by atoms with Crippen LogP contribution >= 0.6 is 12.2 Å². The lowest BCUT2D eigenvalue weighted by Crippen LogP contribution is -2.31. The van der Waals surface area contributed by atoms with Crippen molar-refractivity contribution in [2.45, 2.75) is 26.2 Å². The first-order valence-electron chi connectivity index (χ1n) is 5.81. The molecule has 0 fully saturated rings. The SMILES string of the molecule is CCCCCN(C)C(=S)Nc1ccccc1. The van der Waals surface area contributed by atoms with Crippen LogP contribution in [0.4, 0.5) is 5.69 Å². The van der Waals surface area contributed by atoms with Crippen molar-refractivity contribution in [3.63, 3.8) is 0 Å². The molecular formula is C13H20N2S. The van der Waals surface area contributed by atoms with Crippen molar-refractivity contribution in [2.75, 3.05) is 18.9 Å². The van der Waals surface area contributed by atoms with Crippen molar-refractivity contribution in [1.29, 1.82) is 0 Å². The summed E-state index contributed by atoms with van der Waals surface area (Å²) in [6.07, 6.45) is 3.70. The maximum absolute atomic E-state index is 5.32. The molecule has 3 heteroatoms. The molecule has 1 aromatic carbocycles. The second-order valence-corrected chi connectivity index (χ2v) is 4.31. The quantitative estimate of drug-likeness (QED) is 0.622. The fraction of sp³-hybridized carbons (Fsp3) is 0.462. The van der Waals surface area contributed by atoms with Crippen LogP contribution in [0, 0.1) is 0 Å². The molecular weight excluding hydrogens is 216 g/mol. The number of nitrogens with one attached hydrogen (secondary N) is 1. The summed E-state index contributed by atoms with van der Waals surface area (Å²) in [7, 11) is 2.04. The van der Waals surface area contributed by atoms with E-state index in [1.807, 2.05) is 37.4 Å². The normalized spacial score (nSPS) is 9.88. The summed E-state index contributed by atoms with van der Waals surface area (Å²) in [6.45, 7) is 3.23. The zero-order valence-corrected chi connectivity index (χ0v) is 10.9. The first kappa shape index (κ1) is 13.0. The second kappa shape index (κ2) is 7.23. The lowest BCUT2D eigenvalue weighted by Gasteiger charge is -2.20. The first-order chi connectivity index (χ1) is 7.74.